The Bertz CT molecular complexity index is 950. The number of rotatable bonds is 3. The van der Waals surface area contributed by atoms with Gasteiger partial charge in [0.2, 0.25) is 0 Å². The minimum atomic E-state index is -4.00. The Morgan fingerprint density at radius 1 is 1.08 bits per heavy atom. The van der Waals surface area contributed by atoms with Crippen molar-refractivity contribution in [1.29, 1.82) is 0 Å². The Morgan fingerprint density at radius 2 is 1.68 bits per heavy atom. The maximum Gasteiger partial charge on any atom is 0.333 e. The lowest BCUT2D eigenvalue weighted by molar-refractivity contribution is -0.136. The monoisotopic (exact) mass is 359 g/mol. The molecule has 6 nitrogen and oxygen atoms in total. The number of carbonyl (C=O) groups excluding carboxylic acids is 1. The zero-order valence-corrected chi connectivity index (χ0v) is 14.5. The van der Waals surface area contributed by atoms with E-state index in [1.807, 2.05) is 0 Å². The fourth-order valence-electron chi connectivity index (χ4n) is 2.91. The molecule has 0 amide bonds. The molecule has 0 saturated carbocycles. The van der Waals surface area contributed by atoms with Crippen molar-refractivity contribution in [3.8, 4) is 0 Å². The van der Waals surface area contributed by atoms with Crippen molar-refractivity contribution in [2.75, 3.05) is 11.4 Å². The number of anilines is 1. The van der Waals surface area contributed by atoms with Crippen LogP contribution < -0.4 is 4.31 Å². The maximum atomic E-state index is 13.0. The number of aliphatic hydroxyl groups is 1. The third kappa shape index (κ3) is 2.71. The highest BCUT2D eigenvalue weighted by molar-refractivity contribution is 7.93. The molecular formula is C18H17NO5S. The van der Waals surface area contributed by atoms with E-state index in [2.05, 4.69) is 0 Å². The highest BCUT2D eigenvalue weighted by Gasteiger charge is 2.42. The number of fused-ring (bicyclic) bond motifs is 1. The number of hydrogen-bond donors (Lipinski definition) is 1. The van der Waals surface area contributed by atoms with E-state index in [0.29, 0.717) is 11.3 Å². The molecule has 0 bridgehead atoms. The Balaban J connectivity index is 2.23. The predicted molar refractivity (Wildman–Crippen MR) is 93.2 cm³/mol. The molecule has 0 spiro atoms. The summed E-state index contributed by atoms with van der Waals surface area (Å²) in [6.07, 6.45) is -1.51. The van der Waals surface area contributed by atoms with Gasteiger partial charge in [0.15, 0.2) is 6.23 Å². The van der Waals surface area contributed by atoms with Crippen LogP contribution in [0.5, 0.6) is 0 Å². The quantitative estimate of drug-likeness (QED) is 0.671. The molecule has 0 fully saturated rings. The molecule has 1 N–H and O–H groups in total. The lowest BCUT2D eigenvalue weighted by Gasteiger charge is -2.23. The van der Waals surface area contributed by atoms with Crippen LogP contribution in [-0.4, -0.2) is 32.8 Å². The Kier molecular flexibility index (Phi) is 4.36. The van der Waals surface area contributed by atoms with Crippen LogP contribution in [0.4, 0.5) is 5.69 Å². The number of hydrogen-bond acceptors (Lipinski definition) is 5. The zero-order valence-electron chi connectivity index (χ0n) is 13.7. The van der Waals surface area contributed by atoms with Crippen LogP contribution in [-0.2, 0) is 19.6 Å². The fraction of sp³-hybridized carbons (Fsp3) is 0.167. The zero-order chi connectivity index (χ0) is 18.2. The van der Waals surface area contributed by atoms with Gasteiger partial charge >= 0.3 is 5.97 Å². The van der Waals surface area contributed by atoms with Crippen LogP contribution in [0.25, 0.3) is 5.57 Å². The number of methoxy groups -OCH3 is 1. The lowest BCUT2D eigenvalue weighted by Crippen LogP contribution is -2.37. The summed E-state index contributed by atoms with van der Waals surface area (Å²) in [6.45, 7) is 1.50. The van der Waals surface area contributed by atoms with Gasteiger partial charge in [-0.1, -0.05) is 36.4 Å². The first kappa shape index (κ1) is 17.2. The average Bonchev–Trinajstić information content (AvgIpc) is 2.93. The Morgan fingerprint density at radius 3 is 2.32 bits per heavy atom. The molecule has 1 atom stereocenters. The van der Waals surface area contributed by atoms with Crippen molar-refractivity contribution in [1.82, 2.24) is 0 Å². The largest absolute Gasteiger partial charge is 0.466 e. The van der Waals surface area contributed by atoms with Crippen LogP contribution >= 0.6 is 0 Å². The van der Waals surface area contributed by atoms with E-state index >= 15 is 0 Å². The number of nitrogens with zero attached hydrogens (tertiary/aromatic N) is 1. The summed E-state index contributed by atoms with van der Waals surface area (Å²) >= 11 is 0. The molecule has 1 aliphatic heterocycles. The van der Waals surface area contributed by atoms with E-state index in [1.165, 1.54) is 26.2 Å². The molecule has 0 saturated heterocycles. The molecular weight excluding hydrogens is 342 g/mol. The molecule has 3 rings (SSSR count). The van der Waals surface area contributed by atoms with Gasteiger partial charge in [-0.05, 0) is 25.1 Å². The minimum Gasteiger partial charge on any atom is -0.466 e. The van der Waals surface area contributed by atoms with Gasteiger partial charge in [-0.25, -0.2) is 17.5 Å². The number of ether oxygens (including phenoxy) is 1. The predicted octanol–water partition coefficient (Wildman–Crippen LogP) is 2.16. The minimum absolute atomic E-state index is 0.0563. The Hall–Kier alpha value is -2.64. The van der Waals surface area contributed by atoms with Crippen molar-refractivity contribution in [3.63, 3.8) is 0 Å². The summed E-state index contributed by atoms with van der Waals surface area (Å²) in [5, 5.41) is 10.8. The molecule has 2 aromatic carbocycles. The second-order valence-corrected chi connectivity index (χ2v) is 7.35. The first-order valence-electron chi connectivity index (χ1n) is 7.55. The summed E-state index contributed by atoms with van der Waals surface area (Å²) < 4.78 is 31.7. The highest BCUT2D eigenvalue weighted by Crippen LogP contribution is 2.43. The van der Waals surface area contributed by atoms with E-state index in [9.17, 15) is 18.3 Å². The van der Waals surface area contributed by atoms with Gasteiger partial charge in [0.1, 0.15) is 0 Å². The summed E-state index contributed by atoms with van der Waals surface area (Å²) in [6, 6.07) is 14.5. The number of benzene rings is 2. The molecule has 2 aromatic rings. The number of sulfonamides is 1. The lowest BCUT2D eigenvalue weighted by atomic mass is 10.0. The third-order valence-corrected chi connectivity index (χ3v) is 5.89. The van der Waals surface area contributed by atoms with Gasteiger partial charge in [-0.15, -0.1) is 0 Å². The SMILES string of the molecule is COC(=O)/C(C)=C1\c2ccccc2N(S(=O)(=O)c2ccccc2)C1O. The standard InChI is InChI=1S/C18H17NO5S/c1-12(18(21)24-2)16-14-10-6-7-11-15(14)19(17(16)20)25(22,23)13-8-4-3-5-9-13/h3-11,17,20H,1-2H3/b16-12+. The second-order valence-electron chi connectivity index (χ2n) is 5.53. The molecule has 25 heavy (non-hydrogen) atoms. The van der Waals surface area contributed by atoms with Crippen LogP contribution in [0.2, 0.25) is 0 Å². The highest BCUT2D eigenvalue weighted by atomic mass is 32.2. The van der Waals surface area contributed by atoms with Crippen molar-refractivity contribution in [2.24, 2.45) is 0 Å². The summed E-state index contributed by atoms with van der Waals surface area (Å²) in [7, 11) is -2.77. The average molecular weight is 359 g/mol. The van der Waals surface area contributed by atoms with Gasteiger partial charge < -0.3 is 9.84 Å². The summed E-state index contributed by atoms with van der Waals surface area (Å²) in [5.74, 6) is -0.622. The topological polar surface area (TPSA) is 83.9 Å². The van der Waals surface area contributed by atoms with E-state index in [0.717, 1.165) is 4.31 Å². The Labute approximate surface area is 146 Å². The third-order valence-electron chi connectivity index (χ3n) is 4.11. The fourth-order valence-corrected chi connectivity index (χ4v) is 4.42. The van der Waals surface area contributed by atoms with Gasteiger partial charge in [-0.3, -0.25) is 0 Å². The molecule has 7 heteroatoms. The second kappa shape index (κ2) is 6.34. The molecule has 0 aromatic heterocycles. The van der Waals surface area contributed by atoms with E-state index < -0.39 is 22.2 Å². The molecule has 1 aliphatic rings. The van der Waals surface area contributed by atoms with E-state index in [4.69, 9.17) is 4.74 Å². The molecule has 0 aliphatic carbocycles. The maximum absolute atomic E-state index is 13.0. The van der Waals surface area contributed by atoms with Gasteiger partial charge in [0.05, 0.1) is 17.7 Å². The van der Waals surface area contributed by atoms with Crippen molar-refractivity contribution in [3.05, 3.63) is 65.7 Å². The molecule has 0 radical (unpaired) electrons. The normalized spacial score (nSPS) is 18.7. The van der Waals surface area contributed by atoms with Crippen LogP contribution in [0.3, 0.4) is 0 Å². The molecule has 1 heterocycles. The number of aliphatic hydroxyl groups excluding tert-OH is 1. The van der Waals surface area contributed by atoms with E-state index in [1.54, 1.807) is 42.5 Å². The van der Waals surface area contributed by atoms with Crippen LogP contribution in [0, 0.1) is 0 Å². The number of carbonyl (C=O) groups is 1. The summed E-state index contributed by atoms with van der Waals surface area (Å²) in [4.78, 5) is 12.0. The molecule has 130 valence electrons. The van der Waals surface area contributed by atoms with Gasteiger partial charge in [0, 0.05) is 16.7 Å². The smallest absolute Gasteiger partial charge is 0.333 e. The summed E-state index contributed by atoms with van der Waals surface area (Å²) in [5.41, 5.74) is 1.18. The first-order chi connectivity index (χ1) is 11.9. The van der Waals surface area contributed by atoms with Crippen molar-refractivity contribution >= 4 is 27.3 Å². The molecule has 1 unspecified atom stereocenters. The van der Waals surface area contributed by atoms with E-state index in [-0.39, 0.29) is 16.0 Å². The van der Waals surface area contributed by atoms with Gasteiger partial charge in [0.25, 0.3) is 10.0 Å². The van der Waals surface area contributed by atoms with Crippen LogP contribution in [0.1, 0.15) is 12.5 Å². The first-order valence-corrected chi connectivity index (χ1v) is 8.99. The van der Waals surface area contributed by atoms with Crippen molar-refractivity contribution in [2.45, 2.75) is 18.0 Å². The number of para-hydroxylation sites is 1. The van der Waals surface area contributed by atoms with Crippen LogP contribution in [0.15, 0.2) is 65.1 Å². The number of esters is 1. The van der Waals surface area contributed by atoms with Gasteiger partial charge in [-0.2, -0.15) is 0 Å². The van der Waals surface area contributed by atoms with Crippen molar-refractivity contribution < 1.29 is 23.1 Å².